The van der Waals surface area contributed by atoms with Crippen molar-refractivity contribution in [2.24, 2.45) is 0 Å². The van der Waals surface area contributed by atoms with Crippen molar-refractivity contribution in [3.05, 3.63) is 84.4 Å². The third kappa shape index (κ3) is 5.64. The van der Waals surface area contributed by atoms with E-state index in [4.69, 9.17) is 5.73 Å². The normalized spacial score (nSPS) is 15.3. The lowest BCUT2D eigenvalue weighted by Gasteiger charge is -2.34. The average molecular weight is 475 g/mol. The third-order valence-electron chi connectivity index (χ3n) is 6.86. The zero-order valence-corrected chi connectivity index (χ0v) is 20.6. The first-order valence-corrected chi connectivity index (χ1v) is 12.2. The summed E-state index contributed by atoms with van der Waals surface area (Å²) >= 11 is 0. The fourth-order valence-electron chi connectivity index (χ4n) is 4.99. The number of anilines is 1. The summed E-state index contributed by atoms with van der Waals surface area (Å²) in [6.45, 7) is 7.95. The van der Waals surface area contributed by atoms with Crippen molar-refractivity contribution < 1.29 is 0 Å². The van der Waals surface area contributed by atoms with Gasteiger partial charge in [-0.15, -0.1) is 12.4 Å². The van der Waals surface area contributed by atoms with Crippen molar-refractivity contribution in [3.8, 4) is 0 Å². The highest BCUT2D eigenvalue weighted by molar-refractivity contribution is 6.07. The highest BCUT2D eigenvalue weighted by Gasteiger charge is 2.15. The van der Waals surface area contributed by atoms with E-state index < -0.39 is 0 Å². The zero-order valence-electron chi connectivity index (χ0n) is 19.8. The molecule has 0 saturated carbocycles. The Labute approximate surface area is 209 Å². The summed E-state index contributed by atoms with van der Waals surface area (Å²) < 4.78 is 2.51. The predicted octanol–water partition coefficient (Wildman–Crippen LogP) is 5.91. The Balaban J connectivity index is 0.00000274. The van der Waals surface area contributed by atoms with Gasteiger partial charge in [-0.2, -0.15) is 0 Å². The van der Waals surface area contributed by atoms with Crippen LogP contribution in [0.5, 0.6) is 0 Å². The number of benzene rings is 3. The van der Waals surface area contributed by atoms with Crippen molar-refractivity contribution >= 4 is 46.0 Å². The number of hydrogen-bond donors (Lipinski definition) is 1. The Morgan fingerprint density at radius 3 is 1.88 bits per heavy atom. The van der Waals surface area contributed by atoms with E-state index >= 15 is 0 Å². The molecule has 0 bridgehead atoms. The lowest BCUT2D eigenvalue weighted by atomic mass is 10.2. The molecule has 0 radical (unpaired) electrons. The van der Waals surface area contributed by atoms with Gasteiger partial charge >= 0.3 is 0 Å². The quantitative estimate of drug-likeness (QED) is 0.255. The Bertz CT molecular complexity index is 1170. The second-order valence-corrected chi connectivity index (χ2v) is 9.10. The number of halogens is 1. The number of para-hydroxylation sites is 2. The average Bonchev–Trinajstić information content (AvgIpc) is 3.18. The van der Waals surface area contributed by atoms with Gasteiger partial charge in [0.2, 0.25) is 0 Å². The molecule has 178 valence electrons. The molecular weight excluding hydrogens is 440 g/mol. The van der Waals surface area contributed by atoms with Crippen molar-refractivity contribution in [1.29, 1.82) is 0 Å². The van der Waals surface area contributed by atoms with Gasteiger partial charge in [-0.05, 0) is 49.2 Å². The summed E-state index contributed by atoms with van der Waals surface area (Å²) in [6.07, 6.45) is 6.93. The van der Waals surface area contributed by atoms with Crippen molar-refractivity contribution in [2.45, 2.75) is 19.4 Å². The van der Waals surface area contributed by atoms with Crippen LogP contribution in [0.2, 0.25) is 0 Å². The molecular formula is C29H35ClN4. The molecule has 1 aliphatic rings. The van der Waals surface area contributed by atoms with Gasteiger partial charge in [0.05, 0.1) is 0 Å². The second kappa shape index (κ2) is 11.6. The molecule has 5 rings (SSSR count). The number of fused-ring (bicyclic) bond motifs is 3. The van der Waals surface area contributed by atoms with Crippen molar-refractivity contribution in [1.82, 2.24) is 14.4 Å². The van der Waals surface area contributed by atoms with E-state index in [0.717, 1.165) is 31.9 Å². The molecule has 0 unspecified atom stereocenters. The molecule has 34 heavy (non-hydrogen) atoms. The molecule has 3 aromatic carbocycles. The first-order valence-electron chi connectivity index (χ1n) is 12.2. The van der Waals surface area contributed by atoms with Gasteiger partial charge < -0.3 is 15.2 Å². The molecule has 4 aromatic rings. The summed E-state index contributed by atoms with van der Waals surface area (Å²) in [4.78, 5) is 5.18. The van der Waals surface area contributed by atoms with E-state index in [1.807, 2.05) is 12.1 Å². The monoisotopic (exact) mass is 474 g/mol. The fraction of sp³-hybridized carbons (Fsp3) is 0.310. The zero-order chi connectivity index (χ0) is 22.5. The van der Waals surface area contributed by atoms with E-state index in [1.165, 1.54) is 59.8 Å². The molecule has 1 aliphatic heterocycles. The molecule has 2 N–H and O–H groups in total. The fourth-order valence-corrected chi connectivity index (χ4v) is 4.99. The van der Waals surface area contributed by atoms with Crippen LogP contribution in [0.1, 0.15) is 18.4 Å². The van der Waals surface area contributed by atoms with E-state index in [2.05, 4.69) is 87.2 Å². The number of aromatic nitrogens is 1. The van der Waals surface area contributed by atoms with Crippen LogP contribution in [0, 0.1) is 0 Å². The molecule has 4 nitrogen and oxygen atoms in total. The minimum Gasteiger partial charge on any atom is -0.399 e. The van der Waals surface area contributed by atoms with Crippen molar-refractivity contribution in [2.75, 3.05) is 45.0 Å². The van der Waals surface area contributed by atoms with Crippen LogP contribution in [0.15, 0.2) is 78.9 Å². The Kier molecular flexibility index (Phi) is 8.28. The summed E-state index contributed by atoms with van der Waals surface area (Å²) in [5, 5.41) is 2.74. The molecule has 0 aliphatic carbocycles. The van der Waals surface area contributed by atoms with Crippen LogP contribution >= 0.6 is 12.4 Å². The maximum absolute atomic E-state index is 5.76. The lowest BCUT2D eigenvalue weighted by Crippen LogP contribution is -2.46. The van der Waals surface area contributed by atoms with Gasteiger partial charge in [-0.1, -0.05) is 60.7 Å². The number of nitrogens with two attached hydrogens (primary N) is 1. The highest BCUT2D eigenvalue weighted by Crippen LogP contribution is 2.29. The summed E-state index contributed by atoms with van der Waals surface area (Å²) in [5.41, 5.74) is 10.5. The maximum atomic E-state index is 5.76. The largest absolute Gasteiger partial charge is 0.399 e. The number of nitrogen functional groups attached to an aromatic ring is 1. The third-order valence-corrected chi connectivity index (χ3v) is 6.86. The van der Waals surface area contributed by atoms with Crippen LogP contribution < -0.4 is 5.73 Å². The van der Waals surface area contributed by atoms with Crippen LogP contribution in [0.4, 0.5) is 5.69 Å². The van der Waals surface area contributed by atoms with E-state index in [0.29, 0.717) is 0 Å². The Morgan fingerprint density at radius 2 is 1.24 bits per heavy atom. The molecule has 1 saturated heterocycles. The van der Waals surface area contributed by atoms with Gasteiger partial charge in [-0.25, -0.2) is 0 Å². The number of aryl methyl sites for hydroxylation is 1. The van der Waals surface area contributed by atoms with E-state index in [1.54, 1.807) is 0 Å². The summed E-state index contributed by atoms with van der Waals surface area (Å²) in [6, 6.07) is 25.7. The van der Waals surface area contributed by atoms with E-state index in [-0.39, 0.29) is 12.4 Å². The van der Waals surface area contributed by atoms with Crippen LogP contribution in [0.3, 0.4) is 0 Å². The maximum Gasteiger partial charge on any atom is 0.0491 e. The SMILES string of the molecule is Cl.Nc1ccc(/C=C/CN2CCN(CCCCn3c4ccccc4c4ccccc43)CC2)cc1. The van der Waals surface area contributed by atoms with Crippen molar-refractivity contribution in [3.63, 3.8) is 0 Å². The van der Waals surface area contributed by atoms with Gasteiger partial charge in [0.15, 0.2) is 0 Å². The Morgan fingerprint density at radius 1 is 0.676 bits per heavy atom. The minimum atomic E-state index is 0. The molecule has 1 aromatic heterocycles. The van der Waals surface area contributed by atoms with Crippen LogP contribution in [0.25, 0.3) is 27.9 Å². The number of unbranched alkanes of at least 4 members (excludes halogenated alkanes) is 1. The lowest BCUT2D eigenvalue weighted by molar-refractivity contribution is 0.140. The Hall–Kier alpha value is -2.79. The van der Waals surface area contributed by atoms with Gasteiger partial charge in [0.1, 0.15) is 0 Å². The number of rotatable bonds is 8. The second-order valence-electron chi connectivity index (χ2n) is 9.10. The van der Waals surface area contributed by atoms with Crippen LogP contribution in [-0.4, -0.2) is 53.6 Å². The first kappa shape index (κ1) is 24.3. The molecule has 0 spiro atoms. The smallest absolute Gasteiger partial charge is 0.0491 e. The standard InChI is InChI=1S/C29H34N4.ClH/c30-25-15-13-24(14-16-25)8-7-18-32-22-20-31(21-23-32)17-5-6-19-33-28-11-3-1-9-26(28)27-10-2-4-12-29(27)33;/h1-4,7-16H,5-6,17-23,30H2;1H/b8-7+;. The topological polar surface area (TPSA) is 37.4 Å². The number of piperazine rings is 1. The van der Waals surface area contributed by atoms with Gasteiger partial charge in [-0.3, -0.25) is 4.90 Å². The highest BCUT2D eigenvalue weighted by atomic mass is 35.5. The molecule has 0 atom stereocenters. The number of nitrogens with zero attached hydrogens (tertiary/aromatic N) is 3. The van der Waals surface area contributed by atoms with Gasteiger partial charge in [0.25, 0.3) is 0 Å². The summed E-state index contributed by atoms with van der Waals surface area (Å²) in [5.74, 6) is 0. The first-order chi connectivity index (χ1) is 16.3. The van der Waals surface area contributed by atoms with E-state index in [9.17, 15) is 0 Å². The molecule has 1 fully saturated rings. The molecule has 5 heteroatoms. The number of hydrogen-bond acceptors (Lipinski definition) is 3. The molecule has 0 amide bonds. The molecule has 2 heterocycles. The predicted molar refractivity (Wildman–Crippen MR) is 149 cm³/mol. The minimum absolute atomic E-state index is 0. The summed E-state index contributed by atoms with van der Waals surface area (Å²) in [7, 11) is 0. The van der Waals surface area contributed by atoms with Crippen LogP contribution in [-0.2, 0) is 6.54 Å². The van der Waals surface area contributed by atoms with Gasteiger partial charge in [0, 0.05) is 66.8 Å².